The summed E-state index contributed by atoms with van der Waals surface area (Å²) in [7, 11) is 4.29. The summed E-state index contributed by atoms with van der Waals surface area (Å²) in [5.41, 5.74) is 9.07. The zero-order chi connectivity index (χ0) is 37.7. The molecule has 2 aliphatic rings. The molecule has 0 radical (unpaired) electrons. The molecule has 52 heavy (non-hydrogen) atoms. The van der Waals surface area contributed by atoms with Crippen LogP contribution in [0.4, 0.5) is 11.5 Å². The summed E-state index contributed by atoms with van der Waals surface area (Å²) >= 11 is 14.4. The third-order valence-electron chi connectivity index (χ3n) is 9.09. The van der Waals surface area contributed by atoms with E-state index >= 15 is 0 Å². The van der Waals surface area contributed by atoms with Gasteiger partial charge in [-0.15, -0.1) is 0 Å². The smallest absolute Gasteiger partial charge is 0.327 e. The number of nitrogen functional groups attached to an aromatic ring is 1. The molecule has 0 spiro atoms. The van der Waals surface area contributed by atoms with E-state index in [1.54, 1.807) is 4.57 Å². The summed E-state index contributed by atoms with van der Waals surface area (Å²) in [6, 6.07) is 19.4. The van der Waals surface area contributed by atoms with E-state index in [-0.39, 0.29) is 16.0 Å². The molecule has 4 N–H and O–H groups in total. The van der Waals surface area contributed by atoms with Crippen molar-refractivity contribution < 1.29 is 1.37 Å². The number of anilines is 2. The van der Waals surface area contributed by atoms with Gasteiger partial charge in [0.15, 0.2) is 33.4 Å². The zero-order valence-electron chi connectivity index (χ0n) is 30.6. The number of fused-ring (bicyclic) bond motifs is 1. The van der Waals surface area contributed by atoms with Gasteiger partial charge in [0.1, 0.15) is 11.2 Å². The summed E-state index contributed by atoms with van der Waals surface area (Å²) < 4.78 is 7.86. The molecular weight excluding hydrogens is 814 g/mol. The van der Waals surface area contributed by atoms with E-state index in [0.717, 1.165) is 83.1 Å². The van der Waals surface area contributed by atoms with E-state index in [4.69, 9.17) is 30.3 Å². The molecule has 0 bridgehead atoms. The lowest BCUT2D eigenvalue weighted by molar-refractivity contribution is 0.150. The van der Waals surface area contributed by atoms with Gasteiger partial charge in [-0.3, -0.25) is 14.4 Å². The Morgan fingerprint density at radius 3 is 1.83 bits per heavy atom. The van der Waals surface area contributed by atoms with E-state index in [0.29, 0.717) is 45.8 Å². The fraction of sp³-hybridized carbons (Fsp3) is 0.417. The summed E-state index contributed by atoms with van der Waals surface area (Å²) in [6.45, 7) is 11.6. The molecule has 0 atom stereocenters. The highest BCUT2D eigenvalue weighted by Gasteiger charge is 2.18. The second-order valence-electron chi connectivity index (χ2n) is 12.7. The molecule has 5 aromatic rings. The summed E-state index contributed by atoms with van der Waals surface area (Å²) in [4.78, 5) is 42.9. The summed E-state index contributed by atoms with van der Waals surface area (Å²) in [5, 5.41) is 3.86. The minimum Gasteiger partial charge on any atom is -0.393 e. The van der Waals surface area contributed by atoms with Crippen LogP contribution in [0.3, 0.4) is 0 Å². The highest BCUT2D eigenvalue weighted by Crippen LogP contribution is 2.27. The van der Waals surface area contributed by atoms with Crippen molar-refractivity contribution in [2.45, 2.75) is 6.54 Å². The van der Waals surface area contributed by atoms with E-state index < -0.39 is 0 Å². The fourth-order valence-electron chi connectivity index (χ4n) is 5.93. The zero-order valence-corrected chi connectivity index (χ0v) is 33.3. The standard InChI is InChI=1S/C18H21ClN6O.C17H23ClN6.CH3I/c1-23-7-9-24(10-8-23)11-12-25-17-14(20-18(25)26)15(19)21-16(22-17)13-5-3-2-4-6-13;1-23-9-11-24(12-10-23)8-7-20-17-14(19)15(18)21-16(22-17)13-5-3-2-4-6-13;1-2/h2-6H,7-12H2,1H3,(H,20,26);2-6H,7-12,19H2,1H3,(H,20,21,22);1H3/i;;1D. The first kappa shape index (κ1) is 38.3. The van der Waals surface area contributed by atoms with Crippen molar-refractivity contribution in [3.63, 3.8) is 0 Å². The van der Waals surface area contributed by atoms with Gasteiger partial charge in [-0.25, -0.2) is 24.7 Å². The Bertz CT molecular complexity index is 1940. The summed E-state index contributed by atoms with van der Waals surface area (Å²) in [5.74, 6) is 1.70. The minimum atomic E-state index is -0.199. The molecule has 2 fully saturated rings. The third kappa shape index (κ3) is 10.6. The first-order valence-electron chi connectivity index (χ1n) is 17.9. The van der Waals surface area contributed by atoms with Crippen LogP contribution >= 0.6 is 45.8 Å². The van der Waals surface area contributed by atoms with Crippen LogP contribution in [0.15, 0.2) is 65.5 Å². The monoisotopic (exact) mass is 861 g/mol. The number of halogens is 3. The Balaban J connectivity index is 0.000000191. The van der Waals surface area contributed by atoms with Crippen molar-refractivity contribution in [3.05, 3.63) is 81.5 Å². The van der Waals surface area contributed by atoms with Gasteiger partial charge in [0.05, 0.1) is 0 Å². The van der Waals surface area contributed by atoms with Crippen LogP contribution in [0.5, 0.6) is 0 Å². The molecule has 0 unspecified atom stereocenters. The highest BCUT2D eigenvalue weighted by atomic mass is 127. The van der Waals surface area contributed by atoms with Crippen LogP contribution in [0.2, 0.25) is 10.3 Å². The van der Waals surface area contributed by atoms with Crippen LogP contribution in [0.1, 0.15) is 1.37 Å². The molecular formula is C36H47Cl2IN12O. The maximum Gasteiger partial charge on any atom is 0.327 e. The normalized spacial score (nSPS) is 16.1. The maximum atomic E-state index is 12.4. The van der Waals surface area contributed by atoms with Crippen molar-refractivity contribution in [1.29, 1.82) is 0 Å². The van der Waals surface area contributed by atoms with Crippen molar-refractivity contribution in [2.24, 2.45) is 0 Å². The second-order valence-corrected chi connectivity index (χ2v) is 13.4. The van der Waals surface area contributed by atoms with Crippen LogP contribution < -0.4 is 16.7 Å². The Morgan fingerprint density at radius 2 is 1.27 bits per heavy atom. The number of hydrogen-bond acceptors (Lipinski definition) is 11. The average Bonchev–Trinajstić information content (AvgIpc) is 3.50. The molecule has 7 rings (SSSR count). The van der Waals surface area contributed by atoms with Gasteiger partial charge in [-0.05, 0) is 19.0 Å². The number of alkyl halides is 1. The number of nitrogens with one attached hydrogen (secondary N) is 2. The third-order valence-corrected chi connectivity index (χ3v) is 9.66. The Morgan fingerprint density at radius 1 is 0.769 bits per heavy atom. The number of H-pyrrole nitrogens is 1. The van der Waals surface area contributed by atoms with E-state index in [9.17, 15) is 4.79 Å². The lowest BCUT2D eigenvalue weighted by Gasteiger charge is -2.32. The number of aromatic amines is 1. The molecule has 0 saturated carbocycles. The number of nitrogens with two attached hydrogens (primary N) is 1. The molecule has 16 heteroatoms. The fourth-order valence-corrected chi connectivity index (χ4v) is 6.31. The Hall–Kier alpha value is -3.38. The van der Waals surface area contributed by atoms with Gasteiger partial charge < -0.3 is 25.8 Å². The quantitative estimate of drug-likeness (QED) is 0.107. The molecule has 2 saturated heterocycles. The molecule has 0 amide bonds. The van der Waals surface area contributed by atoms with Gasteiger partial charge in [0, 0.05) is 91.0 Å². The van der Waals surface area contributed by atoms with Crippen molar-refractivity contribution in [2.75, 3.05) is 102 Å². The van der Waals surface area contributed by atoms with E-state index in [2.05, 4.69) is 63.9 Å². The van der Waals surface area contributed by atoms with Gasteiger partial charge in [-0.1, -0.05) is 106 Å². The van der Waals surface area contributed by atoms with E-state index in [1.165, 1.54) is 0 Å². The number of likely N-dealkylation sites (N-methyl/N-ethyl adjacent to an activating group) is 2. The molecule has 13 nitrogen and oxygen atoms in total. The van der Waals surface area contributed by atoms with Crippen LogP contribution in [0.25, 0.3) is 33.9 Å². The van der Waals surface area contributed by atoms with Gasteiger partial charge in [0.25, 0.3) is 0 Å². The van der Waals surface area contributed by atoms with Crippen molar-refractivity contribution >= 4 is 68.5 Å². The molecule has 2 aromatic carbocycles. The van der Waals surface area contributed by atoms with Crippen LogP contribution in [-0.4, -0.2) is 140 Å². The number of aromatic nitrogens is 6. The van der Waals surface area contributed by atoms with Crippen molar-refractivity contribution in [3.8, 4) is 22.8 Å². The van der Waals surface area contributed by atoms with Crippen LogP contribution in [0, 0.1) is 0 Å². The van der Waals surface area contributed by atoms with E-state index in [1.807, 2.05) is 83.3 Å². The molecule has 3 aromatic heterocycles. The van der Waals surface area contributed by atoms with Gasteiger partial charge in [0.2, 0.25) is 0 Å². The lowest BCUT2D eigenvalue weighted by atomic mass is 10.2. The number of benzene rings is 2. The number of piperazine rings is 2. The van der Waals surface area contributed by atoms with Gasteiger partial charge >= 0.3 is 5.69 Å². The van der Waals surface area contributed by atoms with Crippen molar-refractivity contribution in [1.82, 2.24) is 49.1 Å². The largest absolute Gasteiger partial charge is 0.393 e. The topological polar surface area (TPSA) is 140 Å². The molecule has 278 valence electrons. The molecule has 5 heterocycles. The first-order chi connectivity index (χ1) is 25.7. The summed E-state index contributed by atoms with van der Waals surface area (Å²) in [6.07, 6.45) is 0. The molecule has 0 aliphatic carbocycles. The minimum absolute atomic E-state index is 0.199. The number of imidazole rings is 1. The number of hydrogen-bond donors (Lipinski definition) is 3. The predicted molar refractivity (Wildman–Crippen MR) is 222 cm³/mol. The van der Waals surface area contributed by atoms with Gasteiger partial charge in [-0.2, -0.15) is 0 Å². The lowest BCUT2D eigenvalue weighted by Crippen LogP contribution is -2.45. The first-order valence-corrected chi connectivity index (χ1v) is 19.5. The predicted octanol–water partition coefficient (Wildman–Crippen LogP) is 4.78. The average molecular weight is 863 g/mol. The maximum absolute atomic E-state index is 12.4. The Kier molecular flexibility index (Phi) is 14.5. The molecule has 2 aliphatic heterocycles. The highest BCUT2D eigenvalue weighted by molar-refractivity contribution is 14.1. The number of rotatable bonds is 9. The van der Waals surface area contributed by atoms with Crippen LogP contribution in [-0.2, 0) is 6.54 Å². The number of nitrogens with zero attached hydrogens (tertiary/aromatic N) is 9. The Labute approximate surface area is 330 Å². The second kappa shape index (κ2) is 19.6. The SMILES string of the molecule is CN1CCN(CCNc2nc(-c3ccccc3)nc(Cl)c2N)CC1.CN1CCN(CCn2c(=O)[nH]c3c(Cl)nc(-c4ccccc4)nc32)CC1.[2H]CI.